The largest absolute Gasteiger partial charge is 0.372 e. The maximum absolute atomic E-state index is 12.4. The van der Waals surface area contributed by atoms with Gasteiger partial charge in [-0.3, -0.25) is 29.1 Å². The van der Waals surface area contributed by atoms with Crippen LogP contribution in [0.2, 0.25) is 0 Å². The van der Waals surface area contributed by atoms with Crippen LogP contribution in [0.5, 0.6) is 0 Å². The van der Waals surface area contributed by atoms with Gasteiger partial charge in [-0.15, -0.1) is 0 Å². The van der Waals surface area contributed by atoms with Gasteiger partial charge in [0.15, 0.2) is 0 Å². The van der Waals surface area contributed by atoms with E-state index in [0.717, 1.165) is 35.6 Å². The smallest absolute Gasteiger partial charge is 0.286 e. The van der Waals surface area contributed by atoms with Crippen LogP contribution in [0.25, 0.3) is 0 Å². The third kappa shape index (κ3) is 5.25. The Bertz CT molecular complexity index is 1050. The highest BCUT2D eigenvalue weighted by Gasteiger charge is 2.22. The second-order valence-corrected chi connectivity index (χ2v) is 7.42. The molecule has 1 aliphatic rings. The van der Waals surface area contributed by atoms with Crippen LogP contribution in [0.3, 0.4) is 0 Å². The van der Waals surface area contributed by atoms with E-state index in [4.69, 9.17) is 10.5 Å². The molecule has 11 nitrogen and oxygen atoms in total. The summed E-state index contributed by atoms with van der Waals surface area (Å²) in [5, 5.41) is 13.7. The molecule has 11 heteroatoms. The molecule has 0 aliphatic carbocycles. The molecule has 2 atom stereocenters. The van der Waals surface area contributed by atoms with Gasteiger partial charge in [-0.25, -0.2) is 0 Å². The molecule has 1 aromatic carbocycles. The van der Waals surface area contributed by atoms with Gasteiger partial charge in [0.1, 0.15) is 12.1 Å². The second-order valence-electron chi connectivity index (χ2n) is 7.42. The maximum Gasteiger partial charge on any atom is 0.286 e. The Kier molecular flexibility index (Phi) is 6.35. The third-order valence-electron chi connectivity index (χ3n) is 4.80. The summed E-state index contributed by atoms with van der Waals surface area (Å²) in [5.74, 6) is -1.69. The van der Waals surface area contributed by atoms with Crippen LogP contribution in [0.4, 0.5) is 17.1 Å². The van der Waals surface area contributed by atoms with E-state index >= 15 is 0 Å². The van der Waals surface area contributed by atoms with Crippen LogP contribution in [0.1, 0.15) is 24.2 Å². The first-order chi connectivity index (χ1) is 14.6. The highest BCUT2D eigenvalue weighted by Crippen LogP contribution is 2.22. The summed E-state index contributed by atoms with van der Waals surface area (Å²) in [7, 11) is 0. The fourth-order valence-corrected chi connectivity index (χ4v) is 3.51. The van der Waals surface area contributed by atoms with E-state index in [9.17, 15) is 24.5 Å². The molecule has 3 N–H and O–H groups in total. The van der Waals surface area contributed by atoms with Gasteiger partial charge in [-0.05, 0) is 38.1 Å². The number of benzene rings is 1. The Balaban J connectivity index is 1.72. The van der Waals surface area contributed by atoms with E-state index < -0.39 is 40.1 Å². The molecule has 1 saturated heterocycles. The maximum atomic E-state index is 12.4. The summed E-state index contributed by atoms with van der Waals surface area (Å²) in [6, 6.07) is 7.98. The average molecular weight is 429 g/mol. The number of hydrogen-bond acceptors (Lipinski definition) is 7. The molecular formula is C20H23N5O6. The summed E-state index contributed by atoms with van der Waals surface area (Å²) in [4.78, 5) is 48.5. The quantitative estimate of drug-likeness (QED) is 0.516. The number of rotatable bonds is 6. The van der Waals surface area contributed by atoms with Gasteiger partial charge in [-0.1, -0.05) is 0 Å². The third-order valence-corrected chi connectivity index (χ3v) is 4.80. The van der Waals surface area contributed by atoms with Crippen molar-refractivity contribution in [3.8, 4) is 0 Å². The fourth-order valence-electron chi connectivity index (χ4n) is 3.51. The number of nitro groups is 1. The van der Waals surface area contributed by atoms with E-state index in [1.165, 1.54) is 0 Å². The van der Waals surface area contributed by atoms with Crippen molar-refractivity contribution >= 4 is 28.9 Å². The molecule has 0 radical (unpaired) electrons. The first-order valence-corrected chi connectivity index (χ1v) is 9.63. The lowest BCUT2D eigenvalue weighted by atomic mass is 10.2. The van der Waals surface area contributed by atoms with Gasteiger partial charge in [0.05, 0.1) is 23.3 Å². The number of pyridine rings is 1. The van der Waals surface area contributed by atoms with Crippen LogP contribution in [-0.2, 0) is 16.1 Å². The molecule has 2 unspecified atom stereocenters. The van der Waals surface area contributed by atoms with Crippen molar-refractivity contribution in [1.82, 2.24) is 4.57 Å². The topological polar surface area (TPSA) is 150 Å². The predicted molar refractivity (Wildman–Crippen MR) is 113 cm³/mol. The highest BCUT2D eigenvalue weighted by atomic mass is 16.6. The molecule has 3 rings (SSSR count). The van der Waals surface area contributed by atoms with E-state index in [0.29, 0.717) is 5.69 Å². The lowest BCUT2D eigenvalue weighted by Gasteiger charge is -2.36. The molecule has 0 bridgehead atoms. The Morgan fingerprint density at radius 1 is 1.23 bits per heavy atom. The molecule has 1 aromatic heterocycles. The standard InChI is InChI=1S/C20H23N5O6/c1-12-8-23(9-13(2)31-12)15-5-3-14(4-6-15)22-18(26)11-24-10-16(25(29)30)7-17(19(21)27)20(24)28/h3-7,10,12-13H,8-9,11H2,1-2H3,(H2,21,27)(H,22,26). The summed E-state index contributed by atoms with van der Waals surface area (Å²) in [5.41, 5.74) is 4.65. The predicted octanol–water partition coefficient (Wildman–Crippen LogP) is 1.11. The van der Waals surface area contributed by atoms with Crippen molar-refractivity contribution < 1.29 is 19.2 Å². The number of primary amides is 1. The number of nitrogens with one attached hydrogen (secondary N) is 1. The Hall–Kier alpha value is -3.73. The second kappa shape index (κ2) is 8.96. The van der Waals surface area contributed by atoms with E-state index in [2.05, 4.69) is 10.2 Å². The van der Waals surface area contributed by atoms with Crippen molar-refractivity contribution in [2.45, 2.75) is 32.6 Å². The van der Waals surface area contributed by atoms with Gasteiger partial charge in [0.25, 0.3) is 17.2 Å². The van der Waals surface area contributed by atoms with Gasteiger partial charge < -0.3 is 20.7 Å². The Morgan fingerprint density at radius 3 is 2.39 bits per heavy atom. The zero-order chi connectivity index (χ0) is 22.7. The number of ether oxygens (including phenoxy) is 1. The normalized spacial score (nSPS) is 18.5. The molecule has 1 aliphatic heterocycles. The summed E-state index contributed by atoms with van der Waals surface area (Å²) < 4.78 is 6.52. The van der Waals surface area contributed by atoms with Crippen LogP contribution in [0, 0.1) is 10.1 Å². The van der Waals surface area contributed by atoms with E-state index in [-0.39, 0.29) is 12.2 Å². The molecule has 2 aromatic rings. The van der Waals surface area contributed by atoms with E-state index in [1.807, 2.05) is 26.0 Å². The summed E-state index contributed by atoms with van der Waals surface area (Å²) in [6.45, 7) is 5.02. The molecule has 0 spiro atoms. The van der Waals surface area contributed by atoms with E-state index in [1.54, 1.807) is 12.1 Å². The zero-order valence-corrected chi connectivity index (χ0v) is 17.1. The number of amides is 2. The number of morpholine rings is 1. The molecule has 1 fully saturated rings. The van der Waals surface area contributed by atoms with Crippen LogP contribution < -0.4 is 21.5 Å². The first-order valence-electron chi connectivity index (χ1n) is 9.63. The first kappa shape index (κ1) is 22.0. The van der Waals surface area contributed by atoms with Crippen molar-refractivity contribution in [2.75, 3.05) is 23.3 Å². The van der Waals surface area contributed by atoms with Gasteiger partial charge >= 0.3 is 0 Å². The minimum Gasteiger partial charge on any atom is -0.372 e. The fraction of sp³-hybridized carbons (Fsp3) is 0.350. The minimum absolute atomic E-state index is 0.113. The number of aromatic nitrogens is 1. The van der Waals surface area contributed by atoms with Crippen LogP contribution in [-0.4, -0.2) is 46.6 Å². The molecule has 164 valence electrons. The van der Waals surface area contributed by atoms with Crippen molar-refractivity contribution in [2.24, 2.45) is 5.73 Å². The van der Waals surface area contributed by atoms with Crippen LogP contribution >= 0.6 is 0 Å². The molecule has 2 heterocycles. The number of hydrogen-bond donors (Lipinski definition) is 2. The Labute approximate surface area is 177 Å². The van der Waals surface area contributed by atoms with Crippen LogP contribution in [0.15, 0.2) is 41.3 Å². The van der Waals surface area contributed by atoms with Gasteiger partial charge in [-0.2, -0.15) is 0 Å². The minimum atomic E-state index is -1.11. The monoisotopic (exact) mass is 429 g/mol. The van der Waals surface area contributed by atoms with Gasteiger partial charge in [0, 0.05) is 30.5 Å². The molecule has 0 saturated carbocycles. The zero-order valence-electron chi connectivity index (χ0n) is 17.1. The number of anilines is 2. The summed E-state index contributed by atoms with van der Waals surface area (Å²) in [6.07, 6.45) is 1.13. The SMILES string of the molecule is CC1CN(c2ccc(NC(=O)Cn3cc([N+](=O)[O-])cc(C(N)=O)c3=O)cc2)CC(C)O1. The lowest BCUT2D eigenvalue weighted by Crippen LogP contribution is -2.45. The number of carbonyl (C=O) groups is 2. The molecular weight excluding hydrogens is 406 g/mol. The average Bonchev–Trinajstić information content (AvgIpc) is 2.68. The number of nitrogens with two attached hydrogens (primary N) is 1. The van der Waals surface area contributed by atoms with Gasteiger partial charge in [0.2, 0.25) is 5.91 Å². The highest BCUT2D eigenvalue weighted by molar-refractivity contribution is 5.93. The lowest BCUT2D eigenvalue weighted by molar-refractivity contribution is -0.385. The van der Waals surface area contributed by atoms with Crippen molar-refractivity contribution in [1.29, 1.82) is 0 Å². The number of nitrogens with zero attached hydrogens (tertiary/aromatic N) is 3. The summed E-state index contributed by atoms with van der Waals surface area (Å²) >= 11 is 0. The molecule has 31 heavy (non-hydrogen) atoms. The number of carbonyl (C=O) groups excluding carboxylic acids is 2. The Morgan fingerprint density at radius 2 is 1.84 bits per heavy atom. The van der Waals surface area contributed by atoms with Crippen molar-refractivity contribution in [3.05, 3.63) is 62.6 Å². The van der Waals surface area contributed by atoms with Crippen molar-refractivity contribution in [3.63, 3.8) is 0 Å². The molecule has 2 amide bonds.